The van der Waals surface area contributed by atoms with Gasteiger partial charge in [-0.3, -0.25) is 5.43 Å². The molecule has 2 amide bonds. The maximum atomic E-state index is 11.2. The lowest BCUT2D eigenvalue weighted by Gasteiger charge is -2.38. The summed E-state index contributed by atoms with van der Waals surface area (Å²) in [5.74, 6) is 5.05. The zero-order valence-corrected chi connectivity index (χ0v) is 8.17. The van der Waals surface area contributed by atoms with Crippen molar-refractivity contribution in [3.8, 4) is 0 Å². The van der Waals surface area contributed by atoms with Crippen LogP contribution in [0.1, 0.15) is 19.8 Å². The van der Waals surface area contributed by atoms with Crippen molar-refractivity contribution < 1.29 is 9.53 Å². The van der Waals surface area contributed by atoms with Gasteiger partial charge in [-0.2, -0.15) is 0 Å². The Morgan fingerprint density at radius 3 is 2.92 bits per heavy atom. The third-order valence-corrected chi connectivity index (χ3v) is 2.56. The van der Waals surface area contributed by atoms with Crippen molar-refractivity contribution in [2.24, 2.45) is 5.84 Å². The molecule has 3 N–H and O–H groups in total. The second-order valence-electron chi connectivity index (χ2n) is 3.63. The Labute approximate surface area is 78.2 Å². The number of methoxy groups -OCH3 is 1. The molecule has 1 unspecified atom stereocenters. The van der Waals surface area contributed by atoms with E-state index in [4.69, 9.17) is 10.6 Å². The molecule has 0 saturated carbocycles. The van der Waals surface area contributed by atoms with Gasteiger partial charge in [0.25, 0.3) is 0 Å². The SMILES string of the molecule is COC1(C)CCCN(C(=O)NN)C1. The number of hydrogen-bond donors (Lipinski definition) is 2. The Morgan fingerprint density at radius 1 is 1.69 bits per heavy atom. The second kappa shape index (κ2) is 3.93. The molecule has 0 aromatic rings. The number of amides is 2. The lowest BCUT2D eigenvalue weighted by Crippen LogP contribution is -2.53. The molecule has 0 aromatic heterocycles. The number of carbonyl (C=O) groups is 1. The predicted octanol–water partition coefficient (Wildman–Crippen LogP) is 0.0706. The molecule has 0 bridgehead atoms. The molecule has 1 aliphatic heterocycles. The van der Waals surface area contributed by atoms with Gasteiger partial charge in [0, 0.05) is 13.7 Å². The molecule has 1 heterocycles. The van der Waals surface area contributed by atoms with Crippen LogP contribution in [-0.4, -0.2) is 36.7 Å². The smallest absolute Gasteiger partial charge is 0.331 e. The molecule has 1 atom stereocenters. The molecule has 0 spiro atoms. The van der Waals surface area contributed by atoms with Crippen molar-refractivity contribution in [1.82, 2.24) is 10.3 Å². The zero-order valence-electron chi connectivity index (χ0n) is 8.17. The van der Waals surface area contributed by atoms with E-state index in [0.29, 0.717) is 6.54 Å². The minimum absolute atomic E-state index is 0.218. The van der Waals surface area contributed by atoms with E-state index in [1.807, 2.05) is 6.92 Å². The minimum atomic E-state index is -0.233. The molecular weight excluding hydrogens is 170 g/mol. The van der Waals surface area contributed by atoms with Gasteiger partial charge in [0.05, 0.1) is 12.1 Å². The van der Waals surface area contributed by atoms with Gasteiger partial charge in [-0.1, -0.05) is 0 Å². The Hall–Kier alpha value is -0.810. The van der Waals surface area contributed by atoms with Gasteiger partial charge in [0.2, 0.25) is 0 Å². The second-order valence-corrected chi connectivity index (χ2v) is 3.63. The maximum Gasteiger partial charge on any atom is 0.331 e. The van der Waals surface area contributed by atoms with Crippen LogP contribution in [0.3, 0.4) is 0 Å². The topological polar surface area (TPSA) is 67.6 Å². The highest BCUT2D eigenvalue weighted by Gasteiger charge is 2.32. The molecule has 1 saturated heterocycles. The van der Waals surface area contributed by atoms with Crippen molar-refractivity contribution in [1.29, 1.82) is 0 Å². The fraction of sp³-hybridized carbons (Fsp3) is 0.875. The fourth-order valence-corrected chi connectivity index (χ4v) is 1.64. The van der Waals surface area contributed by atoms with E-state index in [1.54, 1.807) is 12.0 Å². The Morgan fingerprint density at radius 2 is 2.38 bits per heavy atom. The zero-order chi connectivity index (χ0) is 9.90. The summed E-state index contributed by atoms with van der Waals surface area (Å²) >= 11 is 0. The number of nitrogens with two attached hydrogens (primary N) is 1. The van der Waals surface area contributed by atoms with Gasteiger partial charge in [-0.05, 0) is 19.8 Å². The number of likely N-dealkylation sites (tertiary alicyclic amines) is 1. The van der Waals surface area contributed by atoms with E-state index in [1.165, 1.54) is 0 Å². The van der Waals surface area contributed by atoms with Crippen LogP contribution in [0.25, 0.3) is 0 Å². The molecule has 0 radical (unpaired) electrons. The van der Waals surface area contributed by atoms with Crippen LogP contribution in [-0.2, 0) is 4.74 Å². The van der Waals surface area contributed by atoms with E-state index < -0.39 is 0 Å². The minimum Gasteiger partial charge on any atom is -0.377 e. The number of hydrogen-bond acceptors (Lipinski definition) is 3. The van der Waals surface area contributed by atoms with Crippen molar-refractivity contribution in [3.05, 3.63) is 0 Å². The number of carbonyl (C=O) groups excluding carboxylic acids is 1. The summed E-state index contributed by atoms with van der Waals surface area (Å²) in [6, 6.07) is -0.233. The average molecular weight is 187 g/mol. The van der Waals surface area contributed by atoms with Gasteiger partial charge in [0.15, 0.2) is 0 Å². The van der Waals surface area contributed by atoms with Gasteiger partial charge in [-0.15, -0.1) is 0 Å². The van der Waals surface area contributed by atoms with Crippen molar-refractivity contribution in [2.75, 3.05) is 20.2 Å². The lowest BCUT2D eigenvalue weighted by atomic mass is 9.95. The first-order valence-corrected chi connectivity index (χ1v) is 4.42. The summed E-state index contributed by atoms with van der Waals surface area (Å²) < 4.78 is 5.34. The van der Waals surface area contributed by atoms with Crippen LogP contribution in [0, 0.1) is 0 Å². The number of piperidine rings is 1. The van der Waals surface area contributed by atoms with Crippen LogP contribution < -0.4 is 11.3 Å². The largest absolute Gasteiger partial charge is 0.377 e. The highest BCUT2D eigenvalue weighted by atomic mass is 16.5. The first kappa shape index (κ1) is 10.3. The molecule has 5 heteroatoms. The molecular formula is C8H17N3O2. The monoisotopic (exact) mass is 187 g/mol. The van der Waals surface area contributed by atoms with Crippen LogP contribution in [0.2, 0.25) is 0 Å². The first-order chi connectivity index (χ1) is 6.11. The standard InChI is InChI=1S/C8H17N3O2/c1-8(13-2)4-3-5-11(6-8)7(12)10-9/h3-6,9H2,1-2H3,(H,10,12). The van der Waals surface area contributed by atoms with Crippen molar-refractivity contribution in [2.45, 2.75) is 25.4 Å². The molecule has 5 nitrogen and oxygen atoms in total. The third-order valence-electron chi connectivity index (χ3n) is 2.56. The average Bonchev–Trinajstić information content (AvgIpc) is 2.17. The highest BCUT2D eigenvalue weighted by Crippen LogP contribution is 2.23. The number of nitrogens with zero attached hydrogens (tertiary/aromatic N) is 1. The van der Waals surface area contributed by atoms with Gasteiger partial charge < -0.3 is 9.64 Å². The van der Waals surface area contributed by atoms with E-state index in [-0.39, 0.29) is 11.6 Å². The number of nitrogens with one attached hydrogen (secondary N) is 1. The van der Waals surface area contributed by atoms with Crippen molar-refractivity contribution in [3.63, 3.8) is 0 Å². The quantitative estimate of drug-likeness (QED) is 0.347. The summed E-state index contributed by atoms with van der Waals surface area (Å²) in [4.78, 5) is 12.9. The van der Waals surface area contributed by atoms with Crippen LogP contribution in [0.5, 0.6) is 0 Å². The predicted molar refractivity (Wildman–Crippen MR) is 48.9 cm³/mol. The summed E-state index contributed by atoms with van der Waals surface area (Å²) in [5.41, 5.74) is 1.91. The molecule has 76 valence electrons. The summed E-state index contributed by atoms with van der Waals surface area (Å²) in [7, 11) is 1.67. The molecule has 13 heavy (non-hydrogen) atoms. The number of rotatable bonds is 1. The molecule has 1 rings (SSSR count). The summed E-state index contributed by atoms with van der Waals surface area (Å²) in [6.07, 6.45) is 1.94. The Kier molecular flexibility index (Phi) is 3.11. The summed E-state index contributed by atoms with van der Waals surface area (Å²) in [6.45, 7) is 3.36. The van der Waals surface area contributed by atoms with Crippen molar-refractivity contribution >= 4 is 6.03 Å². The lowest BCUT2D eigenvalue weighted by molar-refractivity contribution is -0.0401. The normalized spacial score (nSPS) is 28.7. The summed E-state index contributed by atoms with van der Waals surface area (Å²) in [5, 5.41) is 0. The number of ether oxygens (including phenoxy) is 1. The van der Waals surface area contributed by atoms with Gasteiger partial charge in [-0.25, -0.2) is 10.6 Å². The van der Waals surface area contributed by atoms with Crippen LogP contribution in [0.15, 0.2) is 0 Å². The molecule has 1 fully saturated rings. The Balaban J connectivity index is 2.56. The van der Waals surface area contributed by atoms with Gasteiger partial charge >= 0.3 is 6.03 Å². The molecule has 1 aliphatic rings. The van der Waals surface area contributed by atoms with Crippen LogP contribution in [0.4, 0.5) is 4.79 Å². The first-order valence-electron chi connectivity index (χ1n) is 4.42. The third kappa shape index (κ3) is 2.32. The highest BCUT2D eigenvalue weighted by molar-refractivity contribution is 5.73. The van der Waals surface area contributed by atoms with E-state index in [2.05, 4.69) is 5.43 Å². The number of urea groups is 1. The maximum absolute atomic E-state index is 11.2. The van der Waals surface area contributed by atoms with E-state index in [9.17, 15) is 4.79 Å². The molecule has 0 aliphatic carbocycles. The number of hydrazine groups is 1. The van der Waals surface area contributed by atoms with E-state index >= 15 is 0 Å². The van der Waals surface area contributed by atoms with E-state index in [0.717, 1.165) is 19.4 Å². The molecule has 0 aromatic carbocycles. The Bertz CT molecular complexity index is 198. The fourth-order valence-electron chi connectivity index (χ4n) is 1.64. The van der Waals surface area contributed by atoms with Crippen LogP contribution >= 0.6 is 0 Å². The van der Waals surface area contributed by atoms with Gasteiger partial charge in [0.1, 0.15) is 0 Å².